The first-order valence-corrected chi connectivity index (χ1v) is 11.3. The molecule has 1 aliphatic rings. The molecule has 0 aliphatic heterocycles. The molecule has 0 spiro atoms. The van der Waals surface area contributed by atoms with E-state index in [0.717, 1.165) is 12.1 Å². The van der Waals surface area contributed by atoms with Gasteiger partial charge in [-0.05, 0) is 44.0 Å². The summed E-state index contributed by atoms with van der Waals surface area (Å²) in [6.07, 6.45) is 1.98. The van der Waals surface area contributed by atoms with Crippen LogP contribution in [0.25, 0.3) is 0 Å². The van der Waals surface area contributed by atoms with Gasteiger partial charge >= 0.3 is 5.91 Å². The molecule has 0 atom stereocenters. The van der Waals surface area contributed by atoms with Crippen molar-refractivity contribution >= 4 is 27.3 Å². The number of anilines is 1. The summed E-state index contributed by atoms with van der Waals surface area (Å²) in [4.78, 5) is 15.1. The first-order valence-electron chi connectivity index (χ1n) is 9.83. The fourth-order valence-electron chi connectivity index (χ4n) is 3.47. The zero-order valence-corrected chi connectivity index (χ0v) is 17.7. The van der Waals surface area contributed by atoms with Gasteiger partial charge < -0.3 is 4.42 Å². The van der Waals surface area contributed by atoms with Gasteiger partial charge in [0, 0.05) is 17.5 Å². The smallest absolute Gasteiger partial charge is 0.305 e. The molecule has 160 valence electrons. The Kier molecular flexibility index (Phi) is 5.77. The van der Waals surface area contributed by atoms with Crippen LogP contribution in [-0.4, -0.2) is 20.0 Å². The molecule has 0 fully saturated rings. The van der Waals surface area contributed by atoms with Crippen molar-refractivity contribution in [3.63, 3.8) is 0 Å². The Labute approximate surface area is 180 Å². The lowest BCUT2D eigenvalue weighted by Crippen LogP contribution is -2.29. The molecular formula is C22H22N4O4S. The molecule has 3 N–H and O–H groups in total. The molecule has 1 amide bonds. The highest BCUT2D eigenvalue weighted by molar-refractivity contribution is 7.89. The Morgan fingerprint density at radius 3 is 2.39 bits per heavy atom. The Morgan fingerprint density at radius 1 is 1.00 bits per heavy atom. The molecule has 9 heteroatoms. The van der Waals surface area contributed by atoms with Crippen molar-refractivity contribution < 1.29 is 17.6 Å². The maximum atomic E-state index is 12.6. The van der Waals surface area contributed by atoms with Gasteiger partial charge in [-0.15, -0.1) is 0 Å². The van der Waals surface area contributed by atoms with E-state index in [2.05, 4.69) is 20.8 Å². The maximum Gasteiger partial charge on any atom is 0.305 e. The van der Waals surface area contributed by atoms with Crippen molar-refractivity contribution in [2.24, 2.45) is 5.10 Å². The van der Waals surface area contributed by atoms with Gasteiger partial charge in [0.05, 0.1) is 16.3 Å². The Bertz CT molecular complexity index is 1220. The van der Waals surface area contributed by atoms with Crippen molar-refractivity contribution in [1.82, 2.24) is 10.3 Å². The number of furan rings is 1. The number of hydrogen-bond donors (Lipinski definition) is 3. The molecule has 4 rings (SSSR count). The zero-order valence-electron chi connectivity index (χ0n) is 16.9. The minimum absolute atomic E-state index is 0.131. The van der Waals surface area contributed by atoms with E-state index in [1.54, 1.807) is 25.1 Å². The number of fused-ring (bicyclic) bond motifs is 1. The number of para-hydroxylation sites is 1. The number of nitrogens with zero attached hydrogens (tertiary/aromatic N) is 1. The lowest BCUT2D eigenvalue weighted by Gasteiger charge is -2.14. The highest BCUT2D eigenvalue weighted by atomic mass is 32.2. The number of nitrogens with one attached hydrogen (secondary N) is 3. The monoisotopic (exact) mass is 438 g/mol. The predicted octanol–water partition coefficient (Wildman–Crippen LogP) is 3.36. The second-order valence-corrected chi connectivity index (χ2v) is 8.78. The summed E-state index contributed by atoms with van der Waals surface area (Å²) < 4.78 is 30.8. The Morgan fingerprint density at radius 2 is 1.68 bits per heavy atom. The van der Waals surface area contributed by atoms with Crippen molar-refractivity contribution in [1.29, 1.82) is 0 Å². The van der Waals surface area contributed by atoms with Crippen LogP contribution in [0.4, 0.5) is 5.69 Å². The normalized spacial score (nSPS) is 14.7. The molecule has 1 aromatic heterocycles. The molecule has 2 aromatic carbocycles. The number of rotatable bonds is 6. The molecule has 0 saturated heterocycles. The molecular weight excluding hydrogens is 416 g/mol. The van der Waals surface area contributed by atoms with Gasteiger partial charge in [-0.2, -0.15) is 18.4 Å². The lowest BCUT2D eigenvalue weighted by atomic mass is 9.93. The summed E-state index contributed by atoms with van der Waals surface area (Å²) in [5.41, 5.74) is 8.07. The number of carbonyl (C=O) groups excluding carboxylic acids is 1. The van der Waals surface area contributed by atoms with Gasteiger partial charge in [0.2, 0.25) is 0 Å². The third-order valence-corrected chi connectivity index (χ3v) is 6.20. The molecule has 31 heavy (non-hydrogen) atoms. The second kappa shape index (κ2) is 8.65. The van der Waals surface area contributed by atoms with Crippen LogP contribution in [0.5, 0.6) is 0 Å². The fraction of sp³-hybridized carbons (Fsp3) is 0.182. The number of hydrogen-bond acceptors (Lipinski definition) is 6. The molecule has 0 unspecified atom stereocenters. The van der Waals surface area contributed by atoms with Crippen molar-refractivity contribution in [2.75, 3.05) is 5.43 Å². The van der Waals surface area contributed by atoms with Crippen molar-refractivity contribution in [3.8, 4) is 0 Å². The van der Waals surface area contributed by atoms with E-state index < -0.39 is 15.9 Å². The van der Waals surface area contributed by atoms with Crippen molar-refractivity contribution in [2.45, 2.75) is 31.1 Å². The molecule has 0 saturated carbocycles. The fourth-order valence-corrected chi connectivity index (χ4v) is 4.32. The average molecular weight is 439 g/mol. The number of amides is 1. The van der Waals surface area contributed by atoms with Crippen molar-refractivity contribution in [3.05, 3.63) is 83.3 Å². The number of hydrazine groups is 1. The van der Waals surface area contributed by atoms with E-state index in [0.29, 0.717) is 35.4 Å². The highest BCUT2D eigenvalue weighted by Gasteiger charge is 2.28. The van der Waals surface area contributed by atoms with Gasteiger partial charge in [-0.25, -0.2) is 0 Å². The number of sulfonamides is 1. The van der Waals surface area contributed by atoms with E-state index in [4.69, 9.17) is 4.42 Å². The topological polar surface area (TPSA) is 113 Å². The van der Waals surface area contributed by atoms with Crippen LogP contribution in [0.1, 0.15) is 40.3 Å². The number of aryl methyl sites for hydroxylation is 1. The first kappa shape index (κ1) is 20.7. The van der Waals surface area contributed by atoms with Crippen LogP contribution in [0, 0.1) is 6.92 Å². The lowest BCUT2D eigenvalue weighted by molar-refractivity contribution is 0.0932. The standard InChI is InChI=1S/C22H22N4O4S/c1-15-20-18(24-26-31(28,29)17-11-6-3-7-12-17)13-8-14-19(20)30-21(15)22(27)25-23-16-9-4-2-5-10-16/h2-7,9-12,23,26H,8,13-14H2,1H3,(H,25,27)/b24-18+. The summed E-state index contributed by atoms with van der Waals surface area (Å²) in [6.45, 7) is 1.77. The van der Waals surface area contributed by atoms with Gasteiger partial charge in [0.25, 0.3) is 10.0 Å². The minimum Gasteiger partial charge on any atom is -0.455 e. The Hall–Kier alpha value is -3.59. The Balaban J connectivity index is 1.55. The summed E-state index contributed by atoms with van der Waals surface area (Å²) in [6, 6.07) is 17.3. The summed E-state index contributed by atoms with van der Waals surface area (Å²) in [7, 11) is -3.78. The van der Waals surface area contributed by atoms with E-state index in [-0.39, 0.29) is 10.7 Å². The van der Waals surface area contributed by atoms with E-state index >= 15 is 0 Å². The molecule has 1 aliphatic carbocycles. The molecule has 3 aromatic rings. The first-order chi connectivity index (χ1) is 15.0. The third kappa shape index (κ3) is 4.46. The maximum absolute atomic E-state index is 12.6. The summed E-state index contributed by atoms with van der Waals surface area (Å²) in [5.74, 6) is 0.389. The number of benzene rings is 2. The average Bonchev–Trinajstić information content (AvgIpc) is 3.14. The van der Waals surface area contributed by atoms with Crippen LogP contribution in [0.15, 0.2) is 75.1 Å². The van der Waals surface area contributed by atoms with Crippen LogP contribution < -0.4 is 15.7 Å². The van der Waals surface area contributed by atoms with E-state index in [1.807, 2.05) is 30.3 Å². The number of carbonyl (C=O) groups is 1. The van der Waals surface area contributed by atoms with Gasteiger partial charge in [0.15, 0.2) is 5.76 Å². The van der Waals surface area contributed by atoms with Gasteiger partial charge in [-0.1, -0.05) is 36.4 Å². The molecule has 1 heterocycles. The quantitative estimate of drug-likeness (QED) is 0.511. The van der Waals surface area contributed by atoms with Crippen LogP contribution >= 0.6 is 0 Å². The minimum atomic E-state index is -3.78. The van der Waals surface area contributed by atoms with E-state index in [9.17, 15) is 13.2 Å². The van der Waals surface area contributed by atoms with E-state index in [1.165, 1.54) is 12.1 Å². The van der Waals surface area contributed by atoms with Crippen LogP contribution in [0.2, 0.25) is 0 Å². The predicted molar refractivity (Wildman–Crippen MR) is 117 cm³/mol. The molecule has 0 radical (unpaired) electrons. The van der Waals surface area contributed by atoms with Crippen LogP contribution in [0.3, 0.4) is 0 Å². The highest BCUT2D eigenvalue weighted by Crippen LogP contribution is 2.30. The largest absolute Gasteiger partial charge is 0.455 e. The summed E-state index contributed by atoms with van der Waals surface area (Å²) in [5, 5.41) is 4.17. The second-order valence-electron chi connectivity index (χ2n) is 7.12. The number of hydrazone groups is 1. The van der Waals surface area contributed by atoms with Gasteiger partial charge in [-0.3, -0.25) is 15.6 Å². The summed E-state index contributed by atoms with van der Waals surface area (Å²) >= 11 is 0. The zero-order chi connectivity index (χ0) is 21.8. The van der Waals surface area contributed by atoms with Crippen LogP contribution in [-0.2, 0) is 16.4 Å². The van der Waals surface area contributed by atoms with Gasteiger partial charge in [0.1, 0.15) is 5.76 Å². The third-order valence-electron chi connectivity index (χ3n) is 4.98. The SMILES string of the molecule is Cc1c(C(=O)NNc2ccccc2)oc2c1/C(=N/NS(=O)(=O)c1ccccc1)CCC2. The molecule has 0 bridgehead atoms. The molecule has 8 nitrogen and oxygen atoms in total.